The highest BCUT2D eigenvalue weighted by Crippen LogP contribution is 2.35. The molecule has 1 saturated heterocycles. The first kappa shape index (κ1) is 16.5. The summed E-state index contributed by atoms with van der Waals surface area (Å²) in [7, 11) is 0. The van der Waals surface area contributed by atoms with Gasteiger partial charge in [0.15, 0.2) is 12.1 Å². The summed E-state index contributed by atoms with van der Waals surface area (Å²) in [5, 5.41) is 9.91. The number of hydrogen-bond acceptors (Lipinski definition) is 4. The van der Waals surface area contributed by atoms with E-state index in [0.29, 0.717) is 11.3 Å². The fourth-order valence-electron chi connectivity index (χ4n) is 2.90. The molecule has 3 rings (SSSR count). The van der Waals surface area contributed by atoms with Crippen molar-refractivity contribution in [3.05, 3.63) is 53.2 Å². The van der Waals surface area contributed by atoms with Gasteiger partial charge < -0.3 is 14.4 Å². The molecule has 1 aliphatic heterocycles. The van der Waals surface area contributed by atoms with Crippen LogP contribution in [0.25, 0.3) is 0 Å². The molecule has 5 nitrogen and oxygen atoms in total. The second-order valence-corrected chi connectivity index (χ2v) is 5.74. The first-order valence-electron chi connectivity index (χ1n) is 7.33. The van der Waals surface area contributed by atoms with Crippen molar-refractivity contribution in [2.24, 2.45) is 0 Å². The van der Waals surface area contributed by atoms with Gasteiger partial charge in [-0.1, -0.05) is 12.1 Å². The molecule has 1 N–H and O–H groups in total. The monoisotopic (exact) mass is 340 g/mol. The van der Waals surface area contributed by atoms with E-state index >= 15 is 0 Å². The van der Waals surface area contributed by atoms with Crippen molar-refractivity contribution in [2.45, 2.75) is 31.7 Å². The molecule has 1 aliphatic rings. The number of likely N-dealkylation sites (tertiary alicyclic amines) is 1. The molecule has 2 heterocycles. The Kier molecular flexibility index (Phi) is 4.08. The largest absolute Gasteiger partial charge is 0.448 e. The third-order valence-corrected chi connectivity index (χ3v) is 4.11. The van der Waals surface area contributed by atoms with Crippen LogP contribution >= 0.6 is 0 Å². The Hall–Kier alpha value is -2.35. The van der Waals surface area contributed by atoms with Crippen molar-refractivity contribution < 1.29 is 27.5 Å². The van der Waals surface area contributed by atoms with Crippen LogP contribution in [0.15, 0.2) is 35.1 Å². The molecule has 0 bridgehead atoms. The van der Waals surface area contributed by atoms with E-state index in [1.54, 1.807) is 6.92 Å². The SMILES string of the molecule is Cc1ocnc1C(=O)N1CC(O)CC1c1ccc(C(F)(F)F)cc1. The molecule has 1 amide bonds. The highest BCUT2D eigenvalue weighted by molar-refractivity contribution is 5.93. The normalized spacial score (nSPS) is 21.3. The van der Waals surface area contributed by atoms with Gasteiger partial charge in [-0.15, -0.1) is 0 Å². The molecule has 0 spiro atoms. The molecule has 0 saturated carbocycles. The van der Waals surface area contributed by atoms with Crippen LogP contribution in [0.4, 0.5) is 13.2 Å². The number of hydrogen-bond donors (Lipinski definition) is 1. The number of rotatable bonds is 2. The van der Waals surface area contributed by atoms with E-state index in [1.807, 2.05) is 0 Å². The summed E-state index contributed by atoms with van der Waals surface area (Å²) < 4.78 is 43.0. The molecule has 2 aromatic rings. The molecule has 1 aromatic carbocycles. The number of amides is 1. The van der Waals surface area contributed by atoms with Crippen LogP contribution in [0.1, 0.15) is 39.8 Å². The minimum Gasteiger partial charge on any atom is -0.448 e. The van der Waals surface area contributed by atoms with Crippen LogP contribution in [0.3, 0.4) is 0 Å². The molecular formula is C16H15F3N2O3. The van der Waals surface area contributed by atoms with E-state index in [1.165, 1.54) is 17.0 Å². The first-order valence-corrected chi connectivity index (χ1v) is 7.33. The van der Waals surface area contributed by atoms with Gasteiger partial charge in [-0.3, -0.25) is 4.79 Å². The number of oxazole rings is 1. The summed E-state index contributed by atoms with van der Waals surface area (Å²) in [6.07, 6.45) is -3.74. The standard InChI is InChI=1S/C16H15F3N2O3/c1-9-14(20-8-24-9)15(23)21-7-12(22)6-13(21)10-2-4-11(5-3-10)16(17,18)19/h2-5,8,12-13,22H,6-7H2,1H3. The lowest BCUT2D eigenvalue weighted by Gasteiger charge is -2.24. The summed E-state index contributed by atoms with van der Waals surface area (Å²) >= 11 is 0. The van der Waals surface area contributed by atoms with Gasteiger partial charge in [0, 0.05) is 6.54 Å². The van der Waals surface area contributed by atoms with Gasteiger partial charge in [-0.05, 0) is 31.0 Å². The lowest BCUT2D eigenvalue weighted by atomic mass is 10.0. The molecule has 0 radical (unpaired) electrons. The number of benzene rings is 1. The van der Waals surface area contributed by atoms with Crippen molar-refractivity contribution in [2.75, 3.05) is 6.54 Å². The van der Waals surface area contributed by atoms with Gasteiger partial charge in [0.1, 0.15) is 5.76 Å². The summed E-state index contributed by atoms with van der Waals surface area (Å²) in [4.78, 5) is 17.9. The maximum absolute atomic E-state index is 12.7. The van der Waals surface area contributed by atoms with Crippen LogP contribution < -0.4 is 0 Å². The number of aryl methyl sites for hydroxylation is 1. The number of carbonyl (C=O) groups excluding carboxylic acids is 1. The van der Waals surface area contributed by atoms with E-state index in [-0.39, 0.29) is 18.7 Å². The van der Waals surface area contributed by atoms with Gasteiger partial charge in [0.25, 0.3) is 5.91 Å². The lowest BCUT2D eigenvalue weighted by Crippen LogP contribution is -2.32. The number of carbonyl (C=O) groups is 1. The van der Waals surface area contributed by atoms with Crippen molar-refractivity contribution in [1.29, 1.82) is 0 Å². The lowest BCUT2D eigenvalue weighted by molar-refractivity contribution is -0.137. The Labute approximate surface area is 135 Å². The summed E-state index contributed by atoms with van der Waals surface area (Å²) in [6.45, 7) is 1.69. The zero-order chi connectivity index (χ0) is 17.5. The molecule has 2 atom stereocenters. The number of nitrogens with zero attached hydrogens (tertiary/aromatic N) is 2. The predicted molar refractivity (Wildman–Crippen MR) is 77.1 cm³/mol. The minimum atomic E-state index is -4.42. The number of aliphatic hydroxyl groups excluding tert-OH is 1. The zero-order valence-electron chi connectivity index (χ0n) is 12.7. The Balaban J connectivity index is 1.88. The van der Waals surface area contributed by atoms with Crippen molar-refractivity contribution in [1.82, 2.24) is 9.88 Å². The maximum Gasteiger partial charge on any atom is 0.416 e. The van der Waals surface area contributed by atoms with E-state index in [4.69, 9.17) is 4.42 Å². The summed E-state index contributed by atoms with van der Waals surface area (Å²) in [5.41, 5.74) is -0.0786. The molecule has 2 unspecified atom stereocenters. The fourth-order valence-corrected chi connectivity index (χ4v) is 2.90. The smallest absolute Gasteiger partial charge is 0.416 e. The van der Waals surface area contributed by atoms with Gasteiger partial charge in [0.05, 0.1) is 17.7 Å². The van der Waals surface area contributed by atoms with Crippen molar-refractivity contribution in [3.63, 3.8) is 0 Å². The Morgan fingerprint density at radius 1 is 1.33 bits per heavy atom. The minimum absolute atomic E-state index is 0.0941. The number of aromatic nitrogens is 1. The molecular weight excluding hydrogens is 325 g/mol. The maximum atomic E-state index is 12.7. The number of β-amino-alcohol motifs (C(OH)–C–C–N with tert-alkyl or cyclic N) is 1. The third kappa shape index (κ3) is 3.01. The summed E-state index contributed by atoms with van der Waals surface area (Å²) in [5.74, 6) is -0.0599. The van der Waals surface area contributed by atoms with Crippen LogP contribution in [0, 0.1) is 6.92 Å². The Morgan fingerprint density at radius 2 is 2.00 bits per heavy atom. The van der Waals surface area contributed by atoms with Gasteiger partial charge in [0.2, 0.25) is 0 Å². The highest BCUT2D eigenvalue weighted by Gasteiger charge is 2.38. The topological polar surface area (TPSA) is 66.6 Å². The van der Waals surface area contributed by atoms with Crippen molar-refractivity contribution in [3.8, 4) is 0 Å². The van der Waals surface area contributed by atoms with E-state index in [2.05, 4.69) is 4.98 Å². The summed E-state index contributed by atoms with van der Waals surface area (Å²) in [6, 6.07) is 4.11. The highest BCUT2D eigenvalue weighted by atomic mass is 19.4. The Bertz CT molecular complexity index is 740. The molecule has 128 valence electrons. The Morgan fingerprint density at radius 3 is 2.54 bits per heavy atom. The second kappa shape index (κ2) is 5.94. The van der Waals surface area contributed by atoms with Crippen LogP contribution in [0.2, 0.25) is 0 Å². The van der Waals surface area contributed by atoms with Gasteiger partial charge in [-0.2, -0.15) is 13.2 Å². The van der Waals surface area contributed by atoms with Gasteiger partial charge in [-0.25, -0.2) is 4.98 Å². The molecule has 24 heavy (non-hydrogen) atoms. The third-order valence-electron chi connectivity index (χ3n) is 4.11. The quantitative estimate of drug-likeness (QED) is 0.913. The first-order chi connectivity index (χ1) is 11.3. The van der Waals surface area contributed by atoms with E-state index in [9.17, 15) is 23.1 Å². The van der Waals surface area contributed by atoms with Gasteiger partial charge >= 0.3 is 6.18 Å². The second-order valence-electron chi connectivity index (χ2n) is 5.74. The zero-order valence-corrected chi connectivity index (χ0v) is 12.7. The number of alkyl halides is 3. The van der Waals surface area contributed by atoms with Crippen molar-refractivity contribution >= 4 is 5.91 Å². The fraction of sp³-hybridized carbons (Fsp3) is 0.375. The molecule has 1 fully saturated rings. The molecule has 0 aliphatic carbocycles. The van der Waals surface area contributed by atoms with Crippen LogP contribution in [-0.2, 0) is 6.18 Å². The number of halogens is 3. The molecule has 1 aromatic heterocycles. The average molecular weight is 340 g/mol. The van der Waals surface area contributed by atoms with E-state index in [0.717, 1.165) is 18.5 Å². The van der Waals surface area contributed by atoms with Crippen LogP contribution in [-0.4, -0.2) is 33.5 Å². The molecule has 8 heteroatoms. The average Bonchev–Trinajstić information content (AvgIpc) is 3.12. The van der Waals surface area contributed by atoms with Crippen LogP contribution in [0.5, 0.6) is 0 Å². The number of aliphatic hydroxyl groups is 1. The predicted octanol–water partition coefficient (Wildman–Crippen LogP) is 2.95. The van der Waals surface area contributed by atoms with E-state index < -0.39 is 29.8 Å².